The third-order valence-corrected chi connectivity index (χ3v) is 3.42. The van der Waals surface area contributed by atoms with Crippen LogP contribution >= 0.6 is 0 Å². The molecule has 0 aromatic carbocycles. The molecule has 0 saturated heterocycles. The summed E-state index contributed by atoms with van der Waals surface area (Å²) in [4.78, 5) is 28.0. The topological polar surface area (TPSA) is 91.5 Å². The van der Waals surface area contributed by atoms with Gasteiger partial charge in [-0.3, -0.25) is 9.59 Å². The molecular weight excluding hydrogens is 288 g/mol. The van der Waals surface area contributed by atoms with Crippen molar-refractivity contribution in [2.45, 2.75) is 59.2 Å². The Labute approximate surface area is 129 Å². The number of nitrogens with zero attached hydrogens (tertiary/aromatic N) is 2. The van der Waals surface area contributed by atoms with Crippen LogP contribution < -0.4 is 0 Å². The van der Waals surface area contributed by atoms with Crippen molar-refractivity contribution in [2.24, 2.45) is 11.8 Å². The van der Waals surface area contributed by atoms with E-state index >= 15 is 0 Å². The van der Waals surface area contributed by atoms with Gasteiger partial charge in [0.1, 0.15) is 5.60 Å². The van der Waals surface area contributed by atoms with Gasteiger partial charge in [0.2, 0.25) is 11.7 Å². The minimum atomic E-state index is -0.508. The van der Waals surface area contributed by atoms with Crippen molar-refractivity contribution in [3.63, 3.8) is 0 Å². The number of rotatable bonds is 4. The average molecular weight is 310 g/mol. The van der Waals surface area contributed by atoms with Gasteiger partial charge in [-0.2, -0.15) is 4.98 Å². The van der Waals surface area contributed by atoms with Crippen molar-refractivity contribution >= 4 is 11.9 Å². The van der Waals surface area contributed by atoms with Crippen LogP contribution in [0.2, 0.25) is 0 Å². The number of carbonyl (C=O) groups excluding carboxylic acids is 2. The van der Waals surface area contributed by atoms with Crippen molar-refractivity contribution in [3.8, 4) is 0 Å². The number of ether oxygens (including phenoxy) is 2. The van der Waals surface area contributed by atoms with E-state index in [-0.39, 0.29) is 30.4 Å². The lowest BCUT2D eigenvalue weighted by atomic mass is 10.0. The van der Waals surface area contributed by atoms with E-state index in [1.165, 1.54) is 0 Å². The molecule has 122 valence electrons. The minimum absolute atomic E-state index is 0.0101. The third kappa shape index (κ3) is 4.54. The highest BCUT2D eigenvalue weighted by atomic mass is 16.6. The Morgan fingerprint density at radius 2 is 1.86 bits per heavy atom. The molecule has 0 amide bonds. The number of hydrogen-bond donors (Lipinski definition) is 0. The zero-order valence-corrected chi connectivity index (χ0v) is 13.4. The van der Waals surface area contributed by atoms with Gasteiger partial charge in [0, 0.05) is 6.92 Å². The van der Waals surface area contributed by atoms with Crippen LogP contribution in [0.4, 0.5) is 0 Å². The fraction of sp³-hybridized carbons (Fsp3) is 0.733. The molecule has 7 heteroatoms. The lowest BCUT2D eigenvalue weighted by molar-refractivity contribution is -0.160. The van der Waals surface area contributed by atoms with Crippen LogP contribution in [0, 0.1) is 18.8 Å². The molecule has 0 aliphatic heterocycles. The standard InChI is InChI=1S/C15H22N2O5/c1-9-16-12(17-22-9)8-20-13(18)10-5-6-11(7-10)14(19)21-15(2,3)4/h10-11H,5-8H2,1-4H3/t10-,11+/m1/s1. The lowest BCUT2D eigenvalue weighted by Crippen LogP contribution is -2.28. The maximum Gasteiger partial charge on any atom is 0.309 e. The Hall–Kier alpha value is -1.92. The van der Waals surface area contributed by atoms with Crippen molar-refractivity contribution in [3.05, 3.63) is 11.7 Å². The molecule has 1 aromatic heterocycles. The highest BCUT2D eigenvalue weighted by molar-refractivity contribution is 5.77. The van der Waals surface area contributed by atoms with Crippen LogP contribution in [-0.2, 0) is 25.7 Å². The van der Waals surface area contributed by atoms with E-state index < -0.39 is 5.60 Å². The Kier molecular flexibility index (Phi) is 4.83. The molecule has 1 fully saturated rings. The predicted octanol–water partition coefficient (Wildman–Crippen LogP) is 2.18. The monoisotopic (exact) mass is 310 g/mol. The fourth-order valence-electron chi connectivity index (χ4n) is 2.45. The summed E-state index contributed by atoms with van der Waals surface area (Å²) in [6.07, 6.45) is 1.75. The average Bonchev–Trinajstić information content (AvgIpc) is 3.02. The molecule has 1 aromatic rings. The number of esters is 2. The first kappa shape index (κ1) is 16.5. The molecule has 2 atom stereocenters. The van der Waals surface area contributed by atoms with Crippen LogP contribution in [0.25, 0.3) is 0 Å². The summed E-state index contributed by atoms with van der Waals surface area (Å²) in [5, 5.41) is 3.66. The molecular formula is C15H22N2O5. The van der Waals surface area contributed by atoms with E-state index in [4.69, 9.17) is 14.0 Å². The number of aromatic nitrogens is 2. The third-order valence-electron chi connectivity index (χ3n) is 3.42. The lowest BCUT2D eigenvalue weighted by Gasteiger charge is -2.22. The van der Waals surface area contributed by atoms with E-state index in [9.17, 15) is 9.59 Å². The first-order valence-corrected chi connectivity index (χ1v) is 7.43. The summed E-state index contributed by atoms with van der Waals surface area (Å²) in [6.45, 7) is 7.15. The Balaban J connectivity index is 1.79. The van der Waals surface area contributed by atoms with Crippen LogP contribution in [-0.4, -0.2) is 27.7 Å². The summed E-state index contributed by atoms with van der Waals surface area (Å²) < 4.78 is 15.3. The second kappa shape index (κ2) is 6.46. The molecule has 0 unspecified atom stereocenters. The van der Waals surface area contributed by atoms with Gasteiger partial charge in [-0.15, -0.1) is 0 Å². The Morgan fingerprint density at radius 3 is 2.41 bits per heavy atom. The second-order valence-corrected chi connectivity index (χ2v) is 6.58. The minimum Gasteiger partial charge on any atom is -0.460 e. The van der Waals surface area contributed by atoms with Gasteiger partial charge in [-0.25, -0.2) is 0 Å². The van der Waals surface area contributed by atoms with Crippen LogP contribution in [0.5, 0.6) is 0 Å². The molecule has 0 radical (unpaired) electrons. The molecule has 1 aliphatic rings. The Bertz CT molecular complexity index is 546. The Morgan fingerprint density at radius 1 is 1.23 bits per heavy atom. The van der Waals surface area contributed by atoms with E-state index in [0.717, 1.165) is 0 Å². The molecule has 7 nitrogen and oxygen atoms in total. The maximum atomic E-state index is 12.0. The summed E-state index contributed by atoms with van der Waals surface area (Å²) in [7, 11) is 0. The smallest absolute Gasteiger partial charge is 0.309 e. The molecule has 0 bridgehead atoms. The zero-order valence-electron chi connectivity index (χ0n) is 13.4. The summed E-state index contributed by atoms with van der Waals surface area (Å²) in [5.41, 5.74) is -0.508. The van der Waals surface area contributed by atoms with Gasteiger partial charge in [-0.1, -0.05) is 5.16 Å². The first-order valence-electron chi connectivity index (χ1n) is 7.43. The van der Waals surface area contributed by atoms with E-state index in [1.807, 2.05) is 20.8 Å². The van der Waals surface area contributed by atoms with Crippen molar-refractivity contribution < 1.29 is 23.6 Å². The van der Waals surface area contributed by atoms with Gasteiger partial charge < -0.3 is 14.0 Å². The second-order valence-electron chi connectivity index (χ2n) is 6.58. The first-order chi connectivity index (χ1) is 10.2. The van der Waals surface area contributed by atoms with Gasteiger partial charge >= 0.3 is 11.9 Å². The van der Waals surface area contributed by atoms with Crippen LogP contribution in [0.15, 0.2) is 4.52 Å². The zero-order chi connectivity index (χ0) is 16.3. The highest BCUT2D eigenvalue weighted by Crippen LogP contribution is 2.33. The number of hydrogen-bond acceptors (Lipinski definition) is 7. The highest BCUT2D eigenvalue weighted by Gasteiger charge is 2.37. The molecule has 22 heavy (non-hydrogen) atoms. The van der Waals surface area contributed by atoms with Gasteiger partial charge in [-0.05, 0) is 40.0 Å². The molecule has 1 heterocycles. The molecule has 1 saturated carbocycles. The SMILES string of the molecule is Cc1nc(COC(=O)[C@@H]2CC[C@H](C(=O)OC(C)(C)C)C2)no1. The fourth-order valence-corrected chi connectivity index (χ4v) is 2.45. The number of carbonyl (C=O) groups is 2. The maximum absolute atomic E-state index is 12.0. The van der Waals surface area contributed by atoms with Crippen LogP contribution in [0.1, 0.15) is 51.7 Å². The largest absolute Gasteiger partial charge is 0.460 e. The van der Waals surface area contributed by atoms with Crippen LogP contribution in [0.3, 0.4) is 0 Å². The summed E-state index contributed by atoms with van der Waals surface area (Å²) in [6, 6.07) is 0. The van der Waals surface area contributed by atoms with Crippen molar-refractivity contribution in [2.75, 3.05) is 0 Å². The quantitative estimate of drug-likeness (QED) is 0.787. The van der Waals surface area contributed by atoms with Gasteiger partial charge in [0.05, 0.1) is 11.8 Å². The van der Waals surface area contributed by atoms with Gasteiger partial charge in [0.25, 0.3) is 0 Å². The molecule has 0 N–H and O–H groups in total. The molecule has 0 spiro atoms. The predicted molar refractivity (Wildman–Crippen MR) is 75.5 cm³/mol. The summed E-state index contributed by atoms with van der Waals surface area (Å²) >= 11 is 0. The van der Waals surface area contributed by atoms with Crippen molar-refractivity contribution in [1.82, 2.24) is 10.1 Å². The number of aryl methyl sites for hydroxylation is 1. The van der Waals surface area contributed by atoms with E-state index in [2.05, 4.69) is 10.1 Å². The van der Waals surface area contributed by atoms with E-state index in [0.29, 0.717) is 31.0 Å². The van der Waals surface area contributed by atoms with Gasteiger partial charge in [0.15, 0.2) is 6.61 Å². The molecule has 2 rings (SSSR count). The van der Waals surface area contributed by atoms with E-state index in [1.54, 1.807) is 6.92 Å². The molecule has 1 aliphatic carbocycles. The normalized spacial score (nSPS) is 21.6. The summed E-state index contributed by atoms with van der Waals surface area (Å²) in [5.74, 6) is -0.302. The van der Waals surface area contributed by atoms with Crippen molar-refractivity contribution in [1.29, 1.82) is 0 Å².